The van der Waals surface area contributed by atoms with E-state index in [2.05, 4.69) is 5.32 Å². The van der Waals surface area contributed by atoms with Gasteiger partial charge in [-0.2, -0.15) is 13.2 Å². The number of alkyl halides is 3. The zero-order valence-corrected chi connectivity index (χ0v) is 7.53. The second kappa shape index (κ2) is 2.89. The standard InChI is InChI=1S/C8H12F3NO/c1-5(2)12-6(13)7(3-4-7)8(9,10)11/h5H,3-4H2,1-2H3,(H,12,13). The Balaban J connectivity index is 2.66. The predicted octanol–water partition coefficient (Wildman–Crippen LogP) is 1.85. The first-order valence-corrected chi connectivity index (χ1v) is 4.17. The number of carbonyl (C=O) groups excluding carboxylic acids is 1. The molecule has 0 heterocycles. The SMILES string of the molecule is CC(C)NC(=O)C1(C(F)(F)F)CC1. The van der Waals surface area contributed by atoms with Crippen LogP contribution in [0, 0.1) is 5.41 Å². The number of carbonyl (C=O) groups is 1. The molecular formula is C8H12F3NO. The third-order valence-corrected chi connectivity index (χ3v) is 2.15. The van der Waals surface area contributed by atoms with Crippen LogP contribution in [-0.2, 0) is 4.79 Å². The van der Waals surface area contributed by atoms with Gasteiger partial charge < -0.3 is 5.32 Å². The van der Waals surface area contributed by atoms with E-state index in [4.69, 9.17) is 0 Å². The molecule has 0 aromatic heterocycles. The van der Waals surface area contributed by atoms with Gasteiger partial charge in [0.2, 0.25) is 5.91 Å². The summed E-state index contributed by atoms with van der Waals surface area (Å²) in [6, 6.07) is -0.243. The summed E-state index contributed by atoms with van der Waals surface area (Å²) in [4.78, 5) is 11.2. The summed E-state index contributed by atoms with van der Waals surface area (Å²) in [6.45, 7) is 3.29. The number of nitrogens with one attached hydrogen (secondary N) is 1. The highest BCUT2D eigenvalue weighted by Crippen LogP contribution is 2.57. The Morgan fingerprint density at radius 2 is 1.85 bits per heavy atom. The van der Waals surface area contributed by atoms with Gasteiger partial charge in [0.05, 0.1) is 0 Å². The van der Waals surface area contributed by atoms with Crippen LogP contribution in [-0.4, -0.2) is 18.1 Å². The molecule has 5 heteroatoms. The van der Waals surface area contributed by atoms with Gasteiger partial charge in [-0.05, 0) is 26.7 Å². The Morgan fingerprint density at radius 1 is 1.38 bits per heavy atom. The summed E-state index contributed by atoms with van der Waals surface area (Å²) in [5.41, 5.74) is -2.07. The quantitative estimate of drug-likeness (QED) is 0.715. The fourth-order valence-electron chi connectivity index (χ4n) is 1.16. The fourth-order valence-corrected chi connectivity index (χ4v) is 1.16. The zero-order chi connectivity index (χ0) is 10.3. The average Bonchev–Trinajstić information content (AvgIpc) is 2.60. The lowest BCUT2D eigenvalue weighted by Crippen LogP contribution is -2.43. The molecule has 0 saturated heterocycles. The minimum atomic E-state index is -4.40. The van der Waals surface area contributed by atoms with Gasteiger partial charge in [-0.3, -0.25) is 4.79 Å². The summed E-state index contributed by atoms with van der Waals surface area (Å²) < 4.78 is 37.0. The van der Waals surface area contributed by atoms with E-state index in [1.165, 1.54) is 0 Å². The van der Waals surface area contributed by atoms with Gasteiger partial charge in [0.15, 0.2) is 0 Å². The van der Waals surface area contributed by atoms with Crippen molar-refractivity contribution in [3.05, 3.63) is 0 Å². The van der Waals surface area contributed by atoms with Gasteiger partial charge in [0.25, 0.3) is 0 Å². The Labute approximate surface area is 74.5 Å². The molecule has 1 aliphatic rings. The molecule has 2 nitrogen and oxygen atoms in total. The largest absolute Gasteiger partial charge is 0.403 e. The lowest BCUT2D eigenvalue weighted by molar-refractivity contribution is -0.192. The van der Waals surface area contributed by atoms with E-state index in [1.807, 2.05) is 0 Å². The Hall–Kier alpha value is -0.740. The number of hydrogen-bond donors (Lipinski definition) is 1. The van der Waals surface area contributed by atoms with Crippen molar-refractivity contribution in [2.75, 3.05) is 0 Å². The van der Waals surface area contributed by atoms with Crippen molar-refractivity contribution in [1.82, 2.24) is 5.32 Å². The van der Waals surface area contributed by atoms with Crippen molar-refractivity contribution >= 4 is 5.91 Å². The van der Waals surface area contributed by atoms with Crippen LogP contribution in [0.2, 0.25) is 0 Å². The van der Waals surface area contributed by atoms with Crippen LogP contribution in [0.5, 0.6) is 0 Å². The van der Waals surface area contributed by atoms with E-state index < -0.39 is 17.5 Å². The minimum absolute atomic E-state index is 0.0744. The number of halogens is 3. The maximum absolute atomic E-state index is 12.3. The van der Waals surface area contributed by atoms with E-state index in [0.29, 0.717) is 0 Å². The fraction of sp³-hybridized carbons (Fsp3) is 0.875. The third-order valence-electron chi connectivity index (χ3n) is 2.15. The number of amides is 1. The molecule has 0 radical (unpaired) electrons. The van der Waals surface area contributed by atoms with E-state index >= 15 is 0 Å². The number of hydrogen-bond acceptors (Lipinski definition) is 1. The van der Waals surface area contributed by atoms with E-state index in [9.17, 15) is 18.0 Å². The topological polar surface area (TPSA) is 29.1 Å². The summed E-state index contributed by atoms with van der Waals surface area (Å²) in [7, 11) is 0. The van der Waals surface area contributed by atoms with Crippen LogP contribution >= 0.6 is 0 Å². The van der Waals surface area contributed by atoms with Crippen molar-refractivity contribution < 1.29 is 18.0 Å². The molecule has 0 atom stereocenters. The summed E-state index contributed by atoms with van der Waals surface area (Å²) >= 11 is 0. The van der Waals surface area contributed by atoms with E-state index in [1.54, 1.807) is 13.8 Å². The van der Waals surface area contributed by atoms with Gasteiger partial charge in [-0.1, -0.05) is 0 Å². The normalized spacial score (nSPS) is 20.2. The first kappa shape index (κ1) is 10.3. The van der Waals surface area contributed by atoms with Crippen LogP contribution < -0.4 is 5.32 Å². The highest BCUT2D eigenvalue weighted by molar-refractivity contribution is 5.86. The van der Waals surface area contributed by atoms with Crippen molar-refractivity contribution in [1.29, 1.82) is 0 Å². The lowest BCUT2D eigenvalue weighted by atomic mass is 10.1. The molecule has 1 saturated carbocycles. The van der Waals surface area contributed by atoms with Crippen LogP contribution in [0.25, 0.3) is 0 Å². The predicted molar refractivity (Wildman–Crippen MR) is 41.0 cm³/mol. The maximum Gasteiger partial charge on any atom is 0.403 e. The summed E-state index contributed by atoms with van der Waals surface area (Å²) in [5, 5.41) is 2.29. The Kier molecular flexibility index (Phi) is 2.30. The zero-order valence-electron chi connectivity index (χ0n) is 7.53. The molecule has 1 rings (SSSR count). The monoisotopic (exact) mass is 195 g/mol. The highest BCUT2D eigenvalue weighted by Gasteiger charge is 2.68. The molecule has 0 unspecified atom stereocenters. The van der Waals surface area contributed by atoms with Crippen LogP contribution in [0.15, 0.2) is 0 Å². The smallest absolute Gasteiger partial charge is 0.353 e. The van der Waals surface area contributed by atoms with Crippen molar-refractivity contribution in [2.45, 2.75) is 38.9 Å². The highest BCUT2D eigenvalue weighted by atomic mass is 19.4. The van der Waals surface area contributed by atoms with Crippen LogP contribution in [0.3, 0.4) is 0 Å². The van der Waals surface area contributed by atoms with Gasteiger partial charge in [-0.15, -0.1) is 0 Å². The minimum Gasteiger partial charge on any atom is -0.353 e. The first-order valence-electron chi connectivity index (χ1n) is 4.17. The van der Waals surface area contributed by atoms with Crippen molar-refractivity contribution in [3.8, 4) is 0 Å². The average molecular weight is 195 g/mol. The van der Waals surface area contributed by atoms with Gasteiger partial charge in [0.1, 0.15) is 5.41 Å². The summed E-state index contributed by atoms with van der Waals surface area (Å²) in [6.07, 6.45) is -4.55. The Morgan fingerprint density at radius 3 is 2.08 bits per heavy atom. The molecule has 0 aromatic rings. The maximum atomic E-state index is 12.3. The molecule has 0 aliphatic heterocycles. The van der Waals surface area contributed by atoms with Crippen LogP contribution in [0.1, 0.15) is 26.7 Å². The third kappa shape index (κ3) is 1.78. The molecule has 1 amide bonds. The molecule has 0 spiro atoms. The van der Waals surface area contributed by atoms with E-state index in [-0.39, 0.29) is 18.9 Å². The molecule has 13 heavy (non-hydrogen) atoms. The van der Waals surface area contributed by atoms with Gasteiger partial charge in [0, 0.05) is 6.04 Å². The van der Waals surface area contributed by atoms with Crippen molar-refractivity contribution in [2.24, 2.45) is 5.41 Å². The number of rotatable bonds is 2. The molecule has 76 valence electrons. The Bertz CT molecular complexity index is 218. The van der Waals surface area contributed by atoms with Crippen LogP contribution in [0.4, 0.5) is 13.2 Å². The molecule has 1 aliphatic carbocycles. The molecule has 0 aromatic carbocycles. The second-order valence-electron chi connectivity index (χ2n) is 3.71. The molecule has 0 bridgehead atoms. The van der Waals surface area contributed by atoms with Crippen molar-refractivity contribution in [3.63, 3.8) is 0 Å². The second-order valence-corrected chi connectivity index (χ2v) is 3.71. The summed E-state index contributed by atoms with van der Waals surface area (Å²) in [5.74, 6) is -0.880. The first-order chi connectivity index (χ1) is 5.79. The van der Waals surface area contributed by atoms with Gasteiger partial charge >= 0.3 is 6.18 Å². The molecular weight excluding hydrogens is 183 g/mol. The van der Waals surface area contributed by atoms with E-state index in [0.717, 1.165) is 0 Å². The molecule has 1 N–H and O–H groups in total. The lowest BCUT2D eigenvalue weighted by Gasteiger charge is -2.19. The van der Waals surface area contributed by atoms with Gasteiger partial charge in [-0.25, -0.2) is 0 Å². The molecule has 1 fully saturated rings.